The SMILES string of the molecule is C=C1/C(=C\C=C2/CCC[C@]3(C)[C@@H]([C@H](C)C(CC(O)C(C)C)S(=O)(=O)c4ccccc4)CC[C@@H]23)C[C@@H](O[Si](C)(C)C(C)(C)C)C[C@@H]1O[Si](C)(C)C(C)(C)C. The van der Waals surface area contributed by atoms with E-state index < -0.39 is 37.8 Å². The number of hydrogen-bond acceptors (Lipinski definition) is 5. The zero-order chi connectivity index (χ0) is 39.9. The standard InChI is InChI=1S/C45H76O5SSi2/c1-31(2)40(46)30-42(51(47,48)37-21-17-16-18-22-37)33(4)38-25-26-39-34(20-19-27-45(38,39)11)23-24-35-28-36(49-52(12,13)43(5,6)7)29-41(32(35)3)50-53(14,15)44(8,9)10/h16-18,21-24,31,33,36,38-42,46H,3,19-20,25-30H2,1-2,4-15H3/b34-23+,35-24-/t33-,36+,38+,39-,40?,41-,42?,45+/m0/s1. The van der Waals surface area contributed by atoms with Gasteiger partial charge in [-0.2, -0.15) is 0 Å². The van der Waals surface area contributed by atoms with Gasteiger partial charge in [-0.1, -0.05) is 112 Å². The first-order chi connectivity index (χ1) is 24.2. The van der Waals surface area contributed by atoms with Crippen molar-refractivity contribution in [2.75, 3.05) is 0 Å². The number of benzene rings is 1. The maximum Gasteiger partial charge on any atom is 0.192 e. The number of fused-ring (bicyclic) bond motifs is 1. The summed E-state index contributed by atoms with van der Waals surface area (Å²) in [7, 11) is -7.71. The molecule has 1 aromatic rings. The van der Waals surface area contributed by atoms with Gasteiger partial charge in [0.15, 0.2) is 26.5 Å². The van der Waals surface area contributed by atoms with Crippen LogP contribution in [0.4, 0.5) is 0 Å². The zero-order valence-electron chi connectivity index (χ0n) is 36.0. The summed E-state index contributed by atoms with van der Waals surface area (Å²) in [4.78, 5) is 0.364. The summed E-state index contributed by atoms with van der Waals surface area (Å²) in [6, 6.07) is 8.90. The Balaban J connectivity index is 1.67. The highest BCUT2D eigenvalue weighted by Crippen LogP contribution is 2.60. The molecule has 0 aromatic heterocycles. The summed E-state index contributed by atoms with van der Waals surface area (Å²) < 4.78 is 42.8. The summed E-state index contributed by atoms with van der Waals surface area (Å²) in [5.74, 6) is 0.571. The van der Waals surface area contributed by atoms with E-state index in [0.29, 0.717) is 10.8 Å². The van der Waals surface area contributed by atoms with Crippen molar-refractivity contribution in [2.24, 2.45) is 29.1 Å². The van der Waals surface area contributed by atoms with Gasteiger partial charge in [-0.3, -0.25) is 0 Å². The number of sulfone groups is 1. The van der Waals surface area contributed by atoms with E-state index in [2.05, 4.69) is 100 Å². The molecule has 0 amide bonds. The fourth-order valence-electron chi connectivity index (χ4n) is 9.09. The van der Waals surface area contributed by atoms with Gasteiger partial charge >= 0.3 is 0 Å². The number of rotatable bonds is 12. The predicted octanol–water partition coefficient (Wildman–Crippen LogP) is 12.1. The molecule has 2 unspecified atom stereocenters. The number of aliphatic hydroxyl groups is 1. The smallest absolute Gasteiger partial charge is 0.192 e. The predicted molar refractivity (Wildman–Crippen MR) is 229 cm³/mol. The Kier molecular flexibility index (Phi) is 13.6. The molecule has 0 spiro atoms. The van der Waals surface area contributed by atoms with Crippen LogP contribution < -0.4 is 0 Å². The summed E-state index contributed by atoms with van der Waals surface area (Å²) in [6.07, 6.45) is 11.5. The average Bonchev–Trinajstić information content (AvgIpc) is 3.40. The van der Waals surface area contributed by atoms with Gasteiger partial charge in [0.25, 0.3) is 0 Å². The van der Waals surface area contributed by atoms with Crippen molar-refractivity contribution < 1.29 is 22.4 Å². The van der Waals surface area contributed by atoms with E-state index in [0.717, 1.165) is 50.5 Å². The largest absolute Gasteiger partial charge is 0.413 e. The Morgan fingerprint density at radius 1 is 0.943 bits per heavy atom. The third-order valence-corrected chi connectivity index (χ3v) is 26.1. The summed E-state index contributed by atoms with van der Waals surface area (Å²) in [6.45, 7) is 36.5. The lowest BCUT2D eigenvalue weighted by atomic mass is 9.60. The maximum absolute atomic E-state index is 14.3. The van der Waals surface area contributed by atoms with Gasteiger partial charge in [0, 0.05) is 6.42 Å². The molecular weight excluding hydrogens is 709 g/mol. The zero-order valence-corrected chi connectivity index (χ0v) is 38.8. The first-order valence-corrected chi connectivity index (χ1v) is 28.0. The third-order valence-electron chi connectivity index (χ3n) is 14.7. The molecule has 3 aliphatic carbocycles. The molecule has 300 valence electrons. The van der Waals surface area contributed by atoms with Crippen LogP contribution in [0.3, 0.4) is 0 Å². The monoisotopic (exact) mass is 784 g/mol. The number of aliphatic hydroxyl groups excluding tert-OH is 1. The normalized spacial score (nSPS) is 29.8. The quantitative estimate of drug-likeness (QED) is 0.214. The Morgan fingerprint density at radius 3 is 2.09 bits per heavy atom. The third kappa shape index (κ3) is 9.64. The van der Waals surface area contributed by atoms with Gasteiger partial charge in [0.2, 0.25) is 0 Å². The van der Waals surface area contributed by atoms with E-state index in [1.165, 1.54) is 11.1 Å². The van der Waals surface area contributed by atoms with Gasteiger partial charge in [-0.05, 0) is 134 Å². The summed E-state index contributed by atoms with van der Waals surface area (Å²) >= 11 is 0. The lowest BCUT2D eigenvalue weighted by molar-refractivity contribution is 0.0734. The molecular formula is C45H76O5SSi2. The lowest BCUT2D eigenvalue weighted by Crippen LogP contribution is -2.49. The molecule has 0 heterocycles. The van der Waals surface area contributed by atoms with Crippen LogP contribution in [0.25, 0.3) is 0 Å². The molecule has 0 aliphatic heterocycles. The van der Waals surface area contributed by atoms with Crippen molar-refractivity contribution in [2.45, 2.75) is 185 Å². The highest BCUT2D eigenvalue weighted by Gasteiger charge is 2.53. The average molecular weight is 785 g/mol. The van der Waals surface area contributed by atoms with E-state index in [9.17, 15) is 13.5 Å². The number of allylic oxidation sites excluding steroid dienone is 3. The fourth-order valence-corrected chi connectivity index (χ4v) is 13.8. The van der Waals surface area contributed by atoms with Gasteiger partial charge in [-0.25, -0.2) is 8.42 Å². The van der Waals surface area contributed by atoms with Crippen molar-refractivity contribution in [1.29, 1.82) is 0 Å². The lowest BCUT2D eigenvalue weighted by Gasteiger charge is -2.46. The van der Waals surface area contributed by atoms with Crippen molar-refractivity contribution in [3.63, 3.8) is 0 Å². The van der Waals surface area contributed by atoms with Crippen LogP contribution >= 0.6 is 0 Å². The maximum atomic E-state index is 14.3. The first kappa shape index (κ1) is 44.4. The van der Waals surface area contributed by atoms with Gasteiger partial charge in [0.1, 0.15) is 0 Å². The topological polar surface area (TPSA) is 72.8 Å². The van der Waals surface area contributed by atoms with Crippen LogP contribution in [0.2, 0.25) is 36.3 Å². The second-order valence-electron chi connectivity index (χ2n) is 20.7. The van der Waals surface area contributed by atoms with Gasteiger partial charge < -0.3 is 14.0 Å². The molecule has 4 rings (SSSR count). The van der Waals surface area contributed by atoms with E-state index in [-0.39, 0.29) is 51.9 Å². The fraction of sp³-hybridized carbons (Fsp3) is 0.733. The molecule has 1 aromatic carbocycles. The first-order valence-electron chi connectivity index (χ1n) is 20.6. The van der Waals surface area contributed by atoms with Crippen LogP contribution in [0, 0.1) is 29.1 Å². The van der Waals surface area contributed by atoms with Crippen LogP contribution in [0.1, 0.15) is 121 Å². The summed E-state index contributed by atoms with van der Waals surface area (Å²) in [5.41, 5.74) is 3.85. The molecule has 53 heavy (non-hydrogen) atoms. The second kappa shape index (κ2) is 16.3. The van der Waals surface area contributed by atoms with Crippen LogP contribution in [0.5, 0.6) is 0 Å². The van der Waals surface area contributed by atoms with Crippen LogP contribution in [-0.2, 0) is 18.7 Å². The molecule has 0 bridgehead atoms. The van der Waals surface area contributed by atoms with Crippen molar-refractivity contribution in [3.05, 3.63) is 65.8 Å². The minimum Gasteiger partial charge on any atom is -0.413 e. The second-order valence-corrected chi connectivity index (χ2v) is 32.3. The highest BCUT2D eigenvalue weighted by molar-refractivity contribution is 7.92. The Morgan fingerprint density at radius 2 is 1.53 bits per heavy atom. The molecule has 3 fully saturated rings. The molecule has 1 N–H and O–H groups in total. The minimum absolute atomic E-state index is 0.000773. The summed E-state index contributed by atoms with van der Waals surface area (Å²) in [5, 5.41) is 10.7. The molecule has 5 nitrogen and oxygen atoms in total. The highest BCUT2D eigenvalue weighted by atomic mass is 32.2. The van der Waals surface area contributed by atoms with Crippen molar-refractivity contribution >= 4 is 26.5 Å². The molecule has 0 radical (unpaired) electrons. The Hall–Kier alpha value is -1.30. The molecule has 0 saturated heterocycles. The van der Waals surface area contributed by atoms with Crippen LogP contribution in [-0.4, -0.2) is 53.7 Å². The molecule has 8 atom stereocenters. The van der Waals surface area contributed by atoms with Gasteiger partial charge in [0.05, 0.1) is 28.5 Å². The van der Waals surface area contributed by atoms with Crippen LogP contribution in [0.15, 0.2) is 70.7 Å². The Labute approximate surface area is 327 Å². The number of hydrogen-bond donors (Lipinski definition) is 1. The molecule has 3 aliphatic rings. The van der Waals surface area contributed by atoms with Crippen molar-refractivity contribution in [3.8, 4) is 0 Å². The van der Waals surface area contributed by atoms with E-state index in [1.54, 1.807) is 24.3 Å². The van der Waals surface area contributed by atoms with Gasteiger partial charge in [-0.15, -0.1) is 0 Å². The Bertz CT molecular complexity index is 1600. The molecule has 3 saturated carbocycles. The van der Waals surface area contributed by atoms with E-state index in [4.69, 9.17) is 8.85 Å². The van der Waals surface area contributed by atoms with E-state index in [1.807, 2.05) is 19.9 Å². The van der Waals surface area contributed by atoms with Crippen molar-refractivity contribution in [1.82, 2.24) is 0 Å². The molecule has 8 heteroatoms. The minimum atomic E-state index is -3.64. The van der Waals surface area contributed by atoms with E-state index >= 15 is 0 Å².